The third-order valence-electron chi connectivity index (χ3n) is 2.53. The van der Waals surface area contributed by atoms with Crippen LogP contribution in [0.5, 0.6) is 0 Å². The number of thiazole rings is 1. The highest BCUT2D eigenvalue weighted by Crippen LogP contribution is 2.23. The van der Waals surface area contributed by atoms with Gasteiger partial charge in [0.1, 0.15) is 10.7 Å². The maximum atomic E-state index is 4.48. The fourth-order valence-electron chi connectivity index (χ4n) is 1.66. The molecule has 0 aliphatic rings. The number of anilines is 2. The van der Waals surface area contributed by atoms with Crippen LogP contribution in [0.2, 0.25) is 0 Å². The minimum atomic E-state index is 0.580. The first-order valence-electron chi connectivity index (χ1n) is 5.89. The van der Waals surface area contributed by atoms with E-state index in [0.29, 0.717) is 5.95 Å². The molecule has 3 rings (SSSR count). The molecular formula is C14H12N4S. The summed E-state index contributed by atoms with van der Waals surface area (Å²) in [6.07, 6.45) is 3.59. The Balaban J connectivity index is 1.88. The maximum Gasteiger partial charge on any atom is 0.227 e. The van der Waals surface area contributed by atoms with Crippen molar-refractivity contribution in [2.24, 2.45) is 0 Å². The van der Waals surface area contributed by atoms with Gasteiger partial charge in [-0.1, -0.05) is 18.2 Å². The van der Waals surface area contributed by atoms with Crippen LogP contribution in [0.1, 0.15) is 4.88 Å². The van der Waals surface area contributed by atoms with Gasteiger partial charge < -0.3 is 5.32 Å². The van der Waals surface area contributed by atoms with E-state index < -0.39 is 0 Å². The normalized spacial score (nSPS) is 10.4. The molecule has 4 nitrogen and oxygen atoms in total. The molecule has 5 heteroatoms. The van der Waals surface area contributed by atoms with Crippen LogP contribution in [0.3, 0.4) is 0 Å². The Bertz CT molecular complexity index is 679. The van der Waals surface area contributed by atoms with Crippen LogP contribution in [0.25, 0.3) is 10.7 Å². The van der Waals surface area contributed by atoms with Crippen molar-refractivity contribution in [1.82, 2.24) is 15.0 Å². The van der Waals surface area contributed by atoms with Gasteiger partial charge >= 0.3 is 0 Å². The lowest BCUT2D eigenvalue weighted by Crippen LogP contribution is -1.97. The molecule has 0 aliphatic carbocycles. The number of nitrogens with zero attached hydrogens (tertiary/aromatic N) is 3. The van der Waals surface area contributed by atoms with E-state index in [1.165, 1.54) is 4.88 Å². The highest BCUT2D eigenvalue weighted by Gasteiger charge is 2.06. The molecule has 0 unspecified atom stereocenters. The van der Waals surface area contributed by atoms with Crippen molar-refractivity contribution in [1.29, 1.82) is 0 Å². The summed E-state index contributed by atoms with van der Waals surface area (Å²) in [5.41, 5.74) is 1.81. The van der Waals surface area contributed by atoms with Gasteiger partial charge in [0, 0.05) is 23.0 Å². The molecule has 0 saturated heterocycles. The van der Waals surface area contributed by atoms with E-state index in [1.54, 1.807) is 17.5 Å². The highest BCUT2D eigenvalue weighted by atomic mass is 32.1. The number of benzene rings is 1. The molecule has 1 aromatic carbocycles. The SMILES string of the molecule is Cc1cnc(-c2ccnc(Nc3ccccc3)n2)s1. The molecule has 0 fully saturated rings. The fraction of sp³-hybridized carbons (Fsp3) is 0.0714. The Morgan fingerprint density at radius 1 is 1.05 bits per heavy atom. The lowest BCUT2D eigenvalue weighted by molar-refractivity contribution is 1.16. The number of para-hydroxylation sites is 1. The van der Waals surface area contributed by atoms with Gasteiger partial charge in [-0.25, -0.2) is 15.0 Å². The molecule has 2 heterocycles. The average Bonchev–Trinajstić information content (AvgIpc) is 2.87. The molecule has 0 spiro atoms. The maximum absolute atomic E-state index is 4.48. The zero-order valence-electron chi connectivity index (χ0n) is 10.4. The number of aromatic nitrogens is 3. The van der Waals surface area contributed by atoms with Crippen LogP contribution in [-0.2, 0) is 0 Å². The van der Waals surface area contributed by atoms with E-state index in [4.69, 9.17) is 0 Å². The largest absolute Gasteiger partial charge is 0.324 e. The van der Waals surface area contributed by atoms with Gasteiger partial charge in [0.25, 0.3) is 0 Å². The van der Waals surface area contributed by atoms with Crippen molar-refractivity contribution in [3.63, 3.8) is 0 Å². The molecule has 0 bridgehead atoms. The van der Waals surface area contributed by atoms with E-state index in [0.717, 1.165) is 16.4 Å². The Labute approximate surface area is 115 Å². The Kier molecular flexibility index (Phi) is 3.20. The van der Waals surface area contributed by atoms with E-state index in [9.17, 15) is 0 Å². The summed E-state index contributed by atoms with van der Waals surface area (Å²) in [5.74, 6) is 0.580. The van der Waals surface area contributed by atoms with Crippen LogP contribution in [0.15, 0.2) is 48.8 Å². The van der Waals surface area contributed by atoms with Crippen molar-refractivity contribution in [2.75, 3.05) is 5.32 Å². The van der Waals surface area contributed by atoms with Gasteiger partial charge in [-0.2, -0.15) is 0 Å². The van der Waals surface area contributed by atoms with Crippen LogP contribution < -0.4 is 5.32 Å². The molecule has 0 radical (unpaired) electrons. The molecular weight excluding hydrogens is 256 g/mol. The Morgan fingerprint density at radius 3 is 2.63 bits per heavy atom. The van der Waals surface area contributed by atoms with Gasteiger partial charge in [0.15, 0.2) is 0 Å². The van der Waals surface area contributed by atoms with Crippen molar-refractivity contribution in [3.8, 4) is 10.7 Å². The minimum Gasteiger partial charge on any atom is -0.324 e. The monoisotopic (exact) mass is 268 g/mol. The second-order valence-corrected chi connectivity index (χ2v) is 5.27. The summed E-state index contributed by atoms with van der Waals surface area (Å²) < 4.78 is 0. The zero-order valence-corrected chi connectivity index (χ0v) is 11.2. The summed E-state index contributed by atoms with van der Waals surface area (Å²) in [5, 5.41) is 4.09. The van der Waals surface area contributed by atoms with Gasteiger partial charge in [-0.3, -0.25) is 0 Å². The summed E-state index contributed by atoms with van der Waals surface area (Å²) in [6.45, 7) is 2.03. The third kappa shape index (κ3) is 2.77. The van der Waals surface area contributed by atoms with E-state index in [2.05, 4.69) is 20.3 Å². The first-order valence-corrected chi connectivity index (χ1v) is 6.71. The van der Waals surface area contributed by atoms with Crippen molar-refractivity contribution in [3.05, 3.63) is 53.7 Å². The topological polar surface area (TPSA) is 50.7 Å². The van der Waals surface area contributed by atoms with Gasteiger partial charge in [-0.05, 0) is 25.1 Å². The van der Waals surface area contributed by atoms with Crippen molar-refractivity contribution in [2.45, 2.75) is 6.92 Å². The first kappa shape index (κ1) is 11.8. The number of hydrogen-bond acceptors (Lipinski definition) is 5. The zero-order chi connectivity index (χ0) is 13.1. The Hall–Kier alpha value is -2.27. The summed E-state index contributed by atoms with van der Waals surface area (Å²) in [6, 6.07) is 11.7. The van der Waals surface area contributed by atoms with E-state index >= 15 is 0 Å². The molecule has 19 heavy (non-hydrogen) atoms. The van der Waals surface area contributed by atoms with Gasteiger partial charge in [-0.15, -0.1) is 11.3 Å². The lowest BCUT2D eigenvalue weighted by atomic mass is 10.3. The smallest absolute Gasteiger partial charge is 0.227 e. The Morgan fingerprint density at radius 2 is 1.89 bits per heavy atom. The summed E-state index contributed by atoms with van der Waals surface area (Å²) >= 11 is 1.63. The first-order chi connectivity index (χ1) is 9.31. The third-order valence-corrected chi connectivity index (χ3v) is 3.46. The molecule has 0 amide bonds. The van der Waals surface area contributed by atoms with Crippen molar-refractivity contribution < 1.29 is 0 Å². The molecule has 1 N–H and O–H groups in total. The molecule has 3 aromatic rings. The molecule has 2 aromatic heterocycles. The van der Waals surface area contributed by atoms with Crippen LogP contribution in [-0.4, -0.2) is 15.0 Å². The molecule has 0 atom stereocenters. The van der Waals surface area contributed by atoms with Crippen LogP contribution in [0, 0.1) is 6.92 Å². The summed E-state index contributed by atoms with van der Waals surface area (Å²) in [7, 11) is 0. The lowest BCUT2D eigenvalue weighted by Gasteiger charge is -2.04. The number of aryl methyl sites for hydroxylation is 1. The predicted octanol–water partition coefficient (Wildman–Crippen LogP) is 3.65. The number of nitrogens with one attached hydrogen (secondary N) is 1. The number of hydrogen-bond donors (Lipinski definition) is 1. The summed E-state index contributed by atoms with van der Waals surface area (Å²) in [4.78, 5) is 14.2. The predicted molar refractivity (Wildman–Crippen MR) is 77.6 cm³/mol. The van der Waals surface area contributed by atoms with E-state index in [-0.39, 0.29) is 0 Å². The van der Waals surface area contributed by atoms with Crippen LogP contribution >= 0.6 is 11.3 Å². The van der Waals surface area contributed by atoms with Gasteiger partial charge in [0.2, 0.25) is 5.95 Å². The second kappa shape index (κ2) is 5.16. The second-order valence-electron chi connectivity index (χ2n) is 4.03. The fourth-order valence-corrected chi connectivity index (χ4v) is 2.40. The molecule has 0 aliphatic heterocycles. The van der Waals surface area contributed by atoms with Gasteiger partial charge in [0.05, 0.1) is 0 Å². The van der Waals surface area contributed by atoms with Crippen molar-refractivity contribution >= 4 is 23.0 Å². The van der Waals surface area contributed by atoms with Crippen LogP contribution in [0.4, 0.5) is 11.6 Å². The van der Waals surface area contributed by atoms with E-state index in [1.807, 2.05) is 49.5 Å². The minimum absolute atomic E-state index is 0.580. The highest BCUT2D eigenvalue weighted by molar-refractivity contribution is 7.14. The standard InChI is InChI=1S/C14H12N4S/c1-10-9-16-13(19-10)12-7-8-15-14(18-12)17-11-5-3-2-4-6-11/h2-9H,1H3,(H,15,17,18). The average molecular weight is 268 g/mol. The quantitative estimate of drug-likeness (QED) is 0.787. The number of rotatable bonds is 3. The molecule has 0 saturated carbocycles. The molecule has 94 valence electrons.